The van der Waals surface area contributed by atoms with E-state index in [1.807, 2.05) is 23.1 Å². The number of amides is 1. The Balaban J connectivity index is 1.60. The minimum absolute atomic E-state index is 0.0907. The fourth-order valence-corrected chi connectivity index (χ4v) is 2.86. The van der Waals surface area contributed by atoms with Gasteiger partial charge in [0.1, 0.15) is 0 Å². The Kier molecular flexibility index (Phi) is 4.25. The highest BCUT2D eigenvalue weighted by Crippen LogP contribution is 2.20. The van der Waals surface area contributed by atoms with Crippen LogP contribution in [0.2, 0.25) is 0 Å². The molecule has 1 aliphatic rings. The van der Waals surface area contributed by atoms with Gasteiger partial charge in [-0.25, -0.2) is 0 Å². The van der Waals surface area contributed by atoms with Crippen LogP contribution in [0.15, 0.2) is 54.6 Å². The van der Waals surface area contributed by atoms with Crippen molar-refractivity contribution in [2.24, 2.45) is 5.92 Å². The molecule has 0 N–H and O–H groups in total. The fourth-order valence-electron chi connectivity index (χ4n) is 2.86. The van der Waals surface area contributed by atoms with Crippen LogP contribution in [0.25, 0.3) is 11.1 Å². The summed E-state index contributed by atoms with van der Waals surface area (Å²) < 4.78 is 0. The molecule has 110 valence electrons. The van der Waals surface area contributed by atoms with Crippen LogP contribution in [-0.4, -0.2) is 23.9 Å². The summed E-state index contributed by atoms with van der Waals surface area (Å²) in [6.45, 7) is 1.46. The van der Waals surface area contributed by atoms with Crippen molar-refractivity contribution >= 4 is 5.91 Å². The van der Waals surface area contributed by atoms with E-state index in [4.69, 9.17) is 6.42 Å². The molecule has 2 aromatic carbocycles. The lowest BCUT2D eigenvalue weighted by molar-refractivity contribution is -0.127. The molecule has 1 amide bonds. The van der Waals surface area contributed by atoms with Crippen molar-refractivity contribution in [1.82, 2.24) is 4.90 Å². The van der Waals surface area contributed by atoms with E-state index in [2.05, 4.69) is 42.3 Å². The van der Waals surface area contributed by atoms with Crippen LogP contribution in [0.3, 0.4) is 0 Å². The highest BCUT2D eigenvalue weighted by atomic mass is 16.2. The quantitative estimate of drug-likeness (QED) is 0.790. The number of carbonyl (C=O) groups excluding carboxylic acids is 1. The molecule has 2 heteroatoms. The van der Waals surface area contributed by atoms with Gasteiger partial charge in [-0.05, 0) is 23.1 Å². The number of nitrogens with zero attached hydrogens (tertiary/aromatic N) is 1. The first-order valence-electron chi connectivity index (χ1n) is 7.64. The summed E-state index contributed by atoms with van der Waals surface area (Å²) in [6, 6.07) is 18.9. The van der Waals surface area contributed by atoms with Gasteiger partial charge in [0.2, 0.25) is 5.91 Å². The maximum Gasteiger partial charge on any atom is 0.223 e. The Labute approximate surface area is 131 Å². The van der Waals surface area contributed by atoms with E-state index in [0.717, 1.165) is 13.0 Å². The van der Waals surface area contributed by atoms with E-state index in [1.54, 1.807) is 0 Å². The second kappa shape index (κ2) is 6.49. The van der Waals surface area contributed by atoms with Crippen LogP contribution in [0.1, 0.15) is 12.0 Å². The lowest BCUT2D eigenvalue weighted by Crippen LogP contribution is -2.27. The van der Waals surface area contributed by atoms with Gasteiger partial charge in [-0.15, -0.1) is 12.3 Å². The zero-order valence-corrected chi connectivity index (χ0v) is 12.5. The van der Waals surface area contributed by atoms with E-state index in [-0.39, 0.29) is 11.8 Å². The zero-order valence-electron chi connectivity index (χ0n) is 12.5. The second-order valence-corrected chi connectivity index (χ2v) is 5.72. The van der Waals surface area contributed by atoms with Gasteiger partial charge in [-0.2, -0.15) is 0 Å². The first-order chi connectivity index (χ1) is 10.8. The lowest BCUT2D eigenvalue weighted by Gasteiger charge is -2.15. The minimum Gasteiger partial charge on any atom is -0.341 e. The van der Waals surface area contributed by atoms with Crippen molar-refractivity contribution in [2.45, 2.75) is 12.8 Å². The zero-order chi connectivity index (χ0) is 15.4. The minimum atomic E-state index is 0.0907. The van der Waals surface area contributed by atoms with Crippen molar-refractivity contribution in [1.29, 1.82) is 0 Å². The molecular formula is C20H19NO. The van der Waals surface area contributed by atoms with E-state index >= 15 is 0 Å². The maximum absolute atomic E-state index is 11.8. The van der Waals surface area contributed by atoms with Crippen molar-refractivity contribution in [3.63, 3.8) is 0 Å². The highest BCUT2D eigenvalue weighted by Gasteiger charge is 2.27. The van der Waals surface area contributed by atoms with Gasteiger partial charge in [-0.3, -0.25) is 4.79 Å². The third-order valence-electron chi connectivity index (χ3n) is 4.18. The summed E-state index contributed by atoms with van der Waals surface area (Å²) in [5, 5.41) is 0. The molecule has 2 nitrogen and oxygen atoms in total. The van der Waals surface area contributed by atoms with Gasteiger partial charge in [0.05, 0.1) is 0 Å². The first-order valence-corrected chi connectivity index (χ1v) is 7.64. The predicted octanol–water partition coefficient (Wildman–Crippen LogP) is 3.38. The van der Waals surface area contributed by atoms with Crippen LogP contribution < -0.4 is 0 Å². The summed E-state index contributed by atoms with van der Waals surface area (Å²) in [4.78, 5) is 13.7. The van der Waals surface area contributed by atoms with E-state index in [9.17, 15) is 4.79 Å². The molecule has 0 aliphatic carbocycles. The summed E-state index contributed by atoms with van der Waals surface area (Å²) in [5.74, 6) is 2.96. The number of likely N-dealkylation sites (tertiary alicyclic amines) is 1. The lowest BCUT2D eigenvalue weighted by atomic mass is 10.0. The summed E-state index contributed by atoms with van der Waals surface area (Å²) >= 11 is 0. The molecule has 1 atom stereocenters. The van der Waals surface area contributed by atoms with Gasteiger partial charge in [-0.1, -0.05) is 54.6 Å². The molecule has 3 rings (SSSR count). The molecule has 1 saturated heterocycles. The molecule has 1 unspecified atom stereocenters. The molecule has 22 heavy (non-hydrogen) atoms. The Morgan fingerprint density at radius 2 is 1.73 bits per heavy atom. The molecule has 0 saturated carbocycles. The molecule has 0 aromatic heterocycles. The van der Waals surface area contributed by atoms with Gasteiger partial charge < -0.3 is 4.90 Å². The average Bonchev–Trinajstić information content (AvgIpc) is 2.94. The molecule has 1 aliphatic heterocycles. The third kappa shape index (κ3) is 3.20. The number of benzene rings is 2. The van der Waals surface area contributed by atoms with Crippen LogP contribution in [0, 0.1) is 18.3 Å². The number of carbonyl (C=O) groups is 1. The Bertz CT molecular complexity index is 682. The van der Waals surface area contributed by atoms with Crippen molar-refractivity contribution < 1.29 is 4.79 Å². The van der Waals surface area contributed by atoms with Crippen LogP contribution in [0.5, 0.6) is 0 Å². The van der Waals surface area contributed by atoms with Crippen molar-refractivity contribution in [2.75, 3.05) is 13.1 Å². The Morgan fingerprint density at radius 1 is 1.05 bits per heavy atom. The third-order valence-corrected chi connectivity index (χ3v) is 4.18. The molecule has 0 bridgehead atoms. The fraction of sp³-hybridized carbons (Fsp3) is 0.250. The topological polar surface area (TPSA) is 20.3 Å². The summed E-state index contributed by atoms with van der Waals surface area (Å²) in [5.41, 5.74) is 3.69. The largest absolute Gasteiger partial charge is 0.341 e. The van der Waals surface area contributed by atoms with Gasteiger partial charge >= 0.3 is 0 Å². The van der Waals surface area contributed by atoms with Crippen LogP contribution in [0.4, 0.5) is 0 Å². The second-order valence-electron chi connectivity index (χ2n) is 5.72. The molecule has 1 fully saturated rings. The summed E-state index contributed by atoms with van der Waals surface area (Å²) in [7, 11) is 0. The Hall–Kier alpha value is -2.53. The molecular weight excluding hydrogens is 270 g/mol. The smallest absolute Gasteiger partial charge is 0.223 e. The number of rotatable bonds is 4. The molecule has 2 aromatic rings. The molecule has 1 heterocycles. The van der Waals surface area contributed by atoms with E-state index < -0.39 is 0 Å². The average molecular weight is 289 g/mol. The standard InChI is InChI=1S/C20H19NO/c1-2-16-14-20(22)21(15-16)13-12-17-8-10-19(11-9-17)18-6-4-3-5-7-18/h1,3-11,16H,12-15H2. The van der Waals surface area contributed by atoms with Gasteiger partial charge in [0.25, 0.3) is 0 Å². The van der Waals surface area contributed by atoms with E-state index in [1.165, 1.54) is 16.7 Å². The van der Waals surface area contributed by atoms with Gasteiger partial charge in [0.15, 0.2) is 0 Å². The van der Waals surface area contributed by atoms with E-state index in [0.29, 0.717) is 13.0 Å². The molecule has 0 spiro atoms. The highest BCUT2D eigenvalue weighted by molar-refractivity contribution is 5.79. The number of hydrogen-bond donors (Lipinski definition) is 0. The van der Waals surface area contributed by atoms with Crippen LogP contribution >= 0.6 is 0 Å². The monoisotopic (exact) mass is 289 g/mol. The van der Waals surface area contributed by atoms with Crippen molar-refractivity contribution in [3.05, 3.63) is 60.2 Å². The normalized spacial score (nSPS) is 17.5. The number of hydrogen-bond acceptors (Lipinski definition) is 1. The summed E-state index contributed by atoms with van der Waals surface area (Å²) in [6.07, 6.45) is 6.79. The Morgan fingerprint density at radius 3 is 2.36 bits per heavy atom. The maximum atomic E-state index is 11.8. The van der Waals surface area contributed by atoms with Crippen molar-refractivity contribution in [3.8, 4) is 23.5 Å². The first kappa shape index (κ1) is 14.4. The SMILES string of the molecule is C#CC1CC(=O)N(CCc2ccc(-c3ccccc3)cc2)C1. The van der Waals surface area contributed by atoms with Crippen LogP contribution in [-0.2, 0) is 11.2 Å². The van der Waals surface area contributed by atoms with Gasteiger partial charge in [0, 0.05) is 25.4 Å². The predicted molar refractivity (Wildman–Crippen MR) is 89.1 cm³/mol. The molecule has 0 radical (unpaired) electrons. The number of terminal acetylenes is 1.